The Labute approximate surface area is 121 Å². The fourth-order valence-electron chi connectivity index (χ4n) is 1.35. The summed E-state index contributed by atoms with van der Waals surface area (Å²) in [5.41, 5.74) is -2.21. The van der Waals surface area contributed by atoms with Crippen LogP contribution in [0.1, 0.15) is 5.56 Å². The first-order valence-corrected chi connectivity index (χ1v) is 6.11. The Morgan fingerprint density at radius 2 is 2.05 bits per heavy atom. The van der Waals surface area contributed by atoms with Crippen LogP contribution in [-0.4, -0.2) is 28.6 Å². The number of halogens is 5. The van der Waals surface area contributed by atoms with Crippen molar-refractivity contribution >= 4 is 34.6 Å². The molecule has 1 unspecified atom stereocenters. The summed E-state index contributed by atoms with van der Waals surface area (Å²) >= 11 is 10.7. The highest BCUT2D eigenvalue weighted by Gasteiger charge is 2.35. The van der Waals surface area contributed by atoms with E-state index in [9.17, 15) is 28.4 Å². The van der Waals surface area contributed by atoms with E-state index in [1.165, 1.54) is 0 Å². The van der Waals surface area contributed by atoms with E-state index in [1.807, 2.05) is 0 Å². The molecule has 20 heavy (non-hydrogen) atoms. The first-order chi connectivity index (χ1) is 9.16. The quantitative estimate of drug-likeness (QED) is 0.493. The van der Waals surface area contributed by atoms with Crippen LogP contribution in [0.5, 0.6) is 0 Å². The largest absolute Gasteiger partial charge is 0.417 e. The number of rotatable bonds is 5. The fraction of sp³-hybridized carbons (Fsp3) is 0.400. The highest BCUT2D eigenvalue weighted by molar-refractivity contribution is 6.31. The van der Waals surface area contributed by atoms with Crippen LogP contribution in [0.3, 0.4) is 0 Å². The molecule has 0 aliphatic carbocycles. The van der Waals surface area contributed by atoms with Crippen LogP contribution in [0.25, 0.3) is 0 Å². The Bertz CT molecular complexity index is 511. The van der Waals surface area contributed by atoms with Gasteiger partial charge < -0.3 is 10.4 Å². The molecular formula is C10H9Cl2F3N2O3. The van der Waals surface area contributed by atoms with Gasteiger partial charge in [0.2, 0.25) is 0 Å². The van der Waals surface area contributed by atoms with Crippen LogP contribution in [0.2, 0.25) is 5.02 Å². The maximum absolute atomic E-state index is 12.7. The third kappa shape index (κ3) is 4.12. The molecule has 1 aromatic rings. The lowest BCUT2D eigenvalue weighted by Gasteiger charge is -2.14. The van der Waals surface area contributed by atoms with Crippen molar-refractivity contribution in [3.8, 4) is 0 Å². The standard InChI is InChI=1S/C10H9Cl2F3N2O3/c11-3-5(18)4-16-8-1-6(10(13,14)15)7(12)2-9(8)17(19)20/h1-2,5,16,18H,3-4H2. The van der Waals surface area contributed by atoms with Gasteiger partial charge in [-0.05, 0) is 6.07 Å². The van der Waals surface area contributed by atoms with Crippen molar-refractivity contribution in [1.82, 2.24) is 0 Å². The summed E-state index contributed by atoms with van der Waals surface area (Å²) in [4.78, 5) is 9.91. The molecule has 0 aromatic heterocycles. The number of aliphatic hydroxyl groups excluding tert-OH is 1. The van der Waals surface area contributed by atoms with E-state index in [0.717, 1.165) is 0 Å². The lowest BCUT2D eigenvalue weighted by molar-refractivity contribution is -0.384. The van der Waals surface area contributed by atoms with Crippen LogP contribution < -0.4 is 5.32 Å². The van der Waals surface area contributed by atoms with Gasteiger partial charge in [-0.2, -0.15) is 13.2 Å². The number of alkyl halides is 4. The van der Waals surface area contributed by atoms with Gasteiger partial charge in [0.1, 0.15) is 5.69 Å². The van der Waals surface area contributed by atoms with Crippen LogP contribution in [0, 0.1) is 10.1 Å². The SMILES string of the molecule is O=[N+]([O-])c1cc(Cl)c(C(F)(F)F)cc1NCC(O)CCl. The molecule has 112 valence electrons. The molecule has 5 nitrogen and oxygen atoms in total. The molecule has 0 bridgehead atoms. The molecular weight excluding hydrogens is 324 g/mol. The molecule has 2 N–H and O–H groups in total. The van der Waals surface area contributed by atoms with Crippen LogP contribution in [-0.2, 0) is 6.18 Å². The molecule has 0 amide bonds. The van der Waals surface area contributed by atoms with Crippen molar-refractivity contribution in [2.75, 3.05) is 17.7 Å². The van der Waals surface area contributed by atoms with Gasteiger partial charge in [0.05, 0.1) is 27.5 Å². The second kappa shape index (κ2) is 6.47. The minimum Gasteiger partial charge on any atom is -0.390 e. The Balaban J connectivity index is 3.21. The lowest BCUT2D eigenvalue weighted by atomic mass is 10.1. The number of nitrogens with one attached hydrogen (secondary N) is 1. The van der Waals surface area contributed by atoms with Crippen molar-refractivity contribution in [2.24, 2.45) is 0 Å². The molecule has 0 saturated carbocycles. The normalized spacial score (nSPS) is 13.1. The lowest BCUT2D eigenvalue weighted by Crippen LogP contribution is -2.21. The number of nitrogens with zero attached hydrogens (tertiary/aromatic N) is 1. The van der Waals surface area contributed by atoms with Gasteiger partial charge in [-0.3, -0.25) is 10.1 Å². The molecule has 1 aromatic carbocycles. The predicted molar refractivity (Wildman–Crippen MR) is 68.3 cm³/mol. The van der Waals surface area contributed by atoms with Gasteiger partial charge in [-0.15, -0.1) is 11.6 Å². The molecule has 1 atom stereocenters. The zero-order valence-electron chi connectivity index (χ0n) is 9.75. The summed E-state index contributed by atoms with van der Waals surface area (Å²) in [7, 11) is 0. The molecule has 10 heteroatoms. The Hall–Kier alpha value is -1.25. The van der Waals surface area contributed by atoms with Crippen molar-refractivity contribution in [1.29, 1.82) is 0 Å². The maximum atomic E-state index is 12.7. The zero-order valence-corrected chi connectivity index (χ0v) is 11.3. The fourth-order valence-corrected chi connectivity index (χ4v) is 1.73. The van der Waals surface area contributed by atoms with Gasteiger partial charge in [-0.1, -0.05) is 11.6 Å². The molecule has 0 aliphatic heterocycles. The molecule has 0 heterocycles. The highest BCUT2D eigenvalue weighted by atomic mass is 35.5. The van der Waals surface area contributed by atoms with Crippen LogP contribution >= 0.6 is 23.2 Å². The summed E-state index contributed by atoms with van der Waals surface area (Å²) < 4.78 is 38.0. The molecule has 1 rings (SSSR count). The Kier molecular flexibility index (Phi) is 5.43. The first kappa shape index (κ1) is 16.8. The number of nitro benzene ring substituents is 1. The third-order valence-corrected chi connectivity index (χ3v) is 2.96. The van der Waals surface area contributed by atoms with Gasteiger partial charge in [-0.25, -0.2) is 0 Å². The smallest absolute Gasteiger partial charge is 0.390 e. The number of anilines is 1. The van der Waals surface area contributed by atoms with Gasteiger partial charge >= 0.3 is 6.18 Å². The predicted octanol–water partition coefficient (Wildman–Crippen LogP) is 3.28. The first-order valence-electron chi connectivity index (χ1n) is 5.19. The number of aliphatic hydroxyl groups is 1. The average Bonchev–Trinajstić information content (AvgIpc) is 2.34. The van der Waals surface area contributed by atoms with Crippen LogP contribution in [0.4, 0.5) is 24.5 Å². The number of nitro groups is 1. The van der Waals surface area contributed by atoms with Gasteiger partial charge in [0, 0.05) is 12.6 Å². The minimum atomic E-state index is -4.74. The molecule has 0 aliphatic rings. The number of hydrogen-bond acceptors (Lipinski definition) is 4. The second-order valence-electron chi connectivity index (χ2n) is 3.79. The summed E-state index contributed by atoms with van der Waals surface area (Å²) in [6, 6.07) is 1.14. The number of hydrogen-bond donors (Lipinski definition) is 2. The van der Waals surface area contributed by atoms with Crippen molar-refractivity contribution < 1.29 is 23.2 Å². The van der Waals surface area contributed by atoms with E-state index < -0.39 is 39.2 Å². The van der Waals surface area contributed by atoms with Crippen molar-refractivity contribution in [3.63, 3.8) is 0 Å². The van der Waals surface area contributed by atoms with E-state index >= 15 is 0 Å². The minimum absolute atomic E-state index is 0.166. The average molecular weight is 333 g/mol. The van der Waals surface area contributed by atoms with Crippen LogP contribution in [0.15, 0.2) is 12.1 Å². The summed E-state index contributed by atoms with van der Waals surface area (Å²) in [5.74, 6) is -0.166. The Morgan fingerprint density at radius 3 is 2.50 bits per heavy atom. The topological polar surface area (TPSA) is 75.4 Å². The van der Waals surface area contributed by atoms with Gasteiger partial charge in [0.25, 0.3) is 5.69 Å². The van der Waals surface area contributed by atoms with E-state index in [-0.39, 0.29) is 12.4 Å². The van der Waals surface area contributed by atoms with E-state index in [0.29, 0.717) is 12.1 Å². The van der Waals surface area contributed by atoms with E-state index in [4.69, 9.17) is 23.2 Å². The zero-order chi connectivity index (χ0) is 15.5. The molecule has 0 spiro atoms. The summed E-state index contributed by atoms with van der Waals surface area (Å²) in [6.07, 6.45) is -5.80. The van der Waals surface area contributed by atoms with Crippen molar-refractivity contribution in [3.05, 3.63) is 32.8 Å². The number of benzene rings is 1. The maximum Gasteiger partial charge on any atom is 0.417 e. The van der Waals surface area contributed by atoms with Gasteiger partial charge in [0.15, 0.2) is 0 Å². The molecule has 0 radical (unpaired) electrons. The van der Waals surface area contributed by atoms with E-state index in [2.05, 4.69) is 5.32 Å². The summed E-state index contributed by atoms with van der Waals surface area (Å²) in [5, 5.41) is 21.6. The third-order valence-electron chi connectivity index (χ3n) is 2.29. The van der Waals surface area contributed by atoms with E-state index in [1.54, 1.807) is 0 Å². The molecule has 0 fully saturated rings. The second-order valence-corrected chi connectivity index (χ2v) is 4.51. The highest BCUT2D eigenvalue weighted by Crippen LogP contribution is 2.40. The molecule has 0 saturated heterocycles. The monoisotopic (exact) mass is 332 g/mol. The van der Waals surface area contributed by atoms with Crippen molar-refractivity contribution in [2.45, 2.75) is 12.3 Å². The summed E-state index contributed by atoms with van der Waals surface area (Å²) in [6.45, 7) is -0.233. The Morgan fingerprint density at radius 1 is 1.45 bits per heavy atom.